The van der Waals surface area contributed by atoms with E-state index in [9.17, 15) is 13.9 Å². The summed E-state index contributed by atoms with van der Waals surface area (Å²) in [4.78, 5) is 19.3. The molecule has 7 nitrogen and oxygen atoms in total. The van der Waals surface area contributed by atoms with E-state index in [0.29, 0.717) is 43.7 Å². The number of benzene rings is 1. The van der Waals surface area contributed by atoms with Crippen molar-refractivity contribution in [2.24, 2.45) is 0 Å². The van der Waals surface area contributed by atoms with Gasteiger partial charge in [-0.2, -0.15) is 10.6 Å². The van der Waals surface area contributed by atoms with Crippen LogP contribution in [0.5, 0.6) is 5.75 Å². The van der Waals surface area contributed by atoms with Gasteiger partial charge in [-0.05, 0) is 63.4 Å². The van der Waals surface area contributed by atoms with Gasteiger partial charge in [-0.3, -0.25) is 18.8 Å². The first-order valence-corrected chi connectivity index (χ1v) is 13.5. The average Bonchev–Trinajstić information content (AvgIpc) is 3.32. The van der Waals surface area contributed by atoms with Crippen molar-refractivity contribution in [2.45, 2.75) is 51.1 Å². The summed E-state index contributed by atoms with van der Waals surface area (Å²) in [6, 6.07) is 8.74. The van der Waals surface area contributed by atoms with Gasteiger partial charge >= 0.3 is 0 Å². The van der Waals surface area contributed by atoms with Gasteiger partial charge in [-0.15, -0.1) is 0 Å². The van der Waals surface area contributed by atoms with Gasteiger partial charge in [0.2, 0.25) is 5.91 Å². The monoisotopic (exact) mass is 451 g/mol. The molecule has 0 aliphatic carbocycles. The maximum atomic E-state index is 12.6. The average molecular weight is 452 g/mol. The summed E-state index contributed by atoms with van der Waals surface area (Å²) in [5, 5.41) is 0. The van der Waals surface area contributed by atoms with E-state index in [1.165, 1.54) is 19.4 Å². The molecule has 0 saturated carbocycles. The lowest BCUT2D eigenvalue weighted by atomic mass is 10.2. The van der Waals surface area contributed by atoms with Crippen molar-refractivity contribution in [1.82, 2.24) is 9.80 Å². The lowest BCUT2D eigenvalue weighted by Gasteiger charge is -2.42. The summed E-state index contributed by atoms with van der Waals surface area (Å²) >= 11 is 0. The molecule has 174 valence electrons. The molecule has 1 amide bonds. The Kier molecular flexibility index (Phi) is 7.44. The third kappa shape index (κ3) is 5.93. The minimum Gasteiger partial charge on any atom is -0.494 e. The fourth-order valence-electron chi connectivity index (χ4n) is 5.00. The van der Waals surface area contributed by atoms with Crippen molar-refractivity contribution in [3.8, 4) is 5.75 Å². The van der Waals surface area contributed by atoms with Crippen LogP contribution in [0.2, 0.25) is 0 Å². The third-order valence-corrected chi connectivity index (χ3v) is 8.60. The molecular formula is C23H37N3O4S. The quantitative estimate of drug-likeness (QED) is 0.589. The molecule has 1 aromatic carbocycles. The number of hydrogen-bond donors (Lipinski definition) is 2. The van der Waals surface area contributed by atoms with Crippen LogP contribution < -0.4 is 9.64 Å². The van der Waals surface area contributed by atoms with Gasteiger partial charge < -0.3 is 14.5 Å². The molecule has 0 bridgehead atoms. The Morgan fingerprint density at radius 1 is 1.10 bits per heavy atom. The molecule has 2 N–H and O–H groups in total. The van der Waals surface area contributed by atoms with Crippen LogP contribution in [0.1, 0.15) is 39.0 Å². The van der Waals surface area contributed by atoms with Gasteiger partial charge in [0, 0.05) is 44.3 Å². The number of ether oxygens (including phenoxy) is 1. The number of anilines is 1. The minimum absolute atomic E-state index is 0.140. The number of amides is 1. The van der Waals surface area contributed by atoms with Gasteiger partial charge in [0.1, 0.15) is 5.75 Å². The number of rotatable bonds is 8. The number of carbonyl (C=O) groups is 1. The standard InChI is InChI=1S/C23H37N3O4S/c1-19-4-2-11-25(19)12-3-15-30-22-8-5-20(6-9-22)26-21(7-10-23(26)27)18-24-13-16-31(28,29)17-14-24/h5-6,8-9,19,21,28-29H,2-4,7,10-18H2,1H3/t19?,21-/m0/s1. The van der Waals surface area contributed by atoms with Crippen molar-refractivity contribution in [1.29, 1.82) is 0 Å². The molecule has 0 radical (unpaired) electrons. The molecule has 3 fully saturated rings. The molecular weight excluding hydrogens is 414 g/mol. The van der Waals surface area contributed by atoms with Crippen LogP contribution in [0.4, 0.5) is 5.69 Å². The highest BCUT2D eigenvalue weighted by molar-refractivity contribution is 8.24. The Morgan fingerprint density at radius 3 is 2.52 bits per heavy atom. The number of nitrogens with zero attached hydrogens (tertiary/aromatic N) is 3. The Hall–Kier alpha value is -1.32. The molecule has 8 heteroatoms. The second-order valence-electron chi connectivity index (χ2n) is 9.19. The predicted molar refractivity (Wildman–Crippen MR) is 126 cm³/mol. The van der Waals surface area contributed by atoms with E-state index in [-0.39, 0.29) is 11.9 Å². The van der Waals surface area contributed by atoms with E-state index in [4.69, 9.17) is 4.74 Å². The van der Waals surface area contributed by atoms with Crippen LogP contribution in [0.3, 0.4) is 0 Å². The first kappa shape index (κ1) is 22.9. The van der Waals surface area contributed by atoms with E-state index in [2.05, 4.69) is 16.7 Å². The zero-order valence-corrected chi connectivity index (χ0v) is 19.4. The maximum Gasteiger partial charge on any atom is 0.227 e. The van der Waals surface area contributed by atoms with Crippen LogP contribution in [-0.2, 0) is 4.79 Å². The van der Waals surface area contributed by atoms with Crippen molar-refractivity contribution < 1.29 is 18.6 Å². The summed E-state index contributed by atoms with van der Waals surface area (Å²) < 4.78 is 25.6. The van der Waals surface area contributed by atoms with Crippen molar-refractivity contribution in [2.75, 3.05) is 55.7 Å². The Bertz CT molecular complexity index is 735. The topological polar surface area (TPSA) is 76.5 Å². The maximum absolute atomic E-state index is 12.6. The molecule has 3 aliphatic heterocycles. The van der Waals surface area contributed by atoms with Crippen molar-refractivity contribution >= 4 is 22.2 Å². The minimum atomic E-state index is -2.39. The number of likely N-dealkylation sites (tertiary alicyclic amines) is 1. The van der Waals surface area contributed by atoms with E-state index in [1.54, 1.807) is 0 Å². The molecule has 31 heavy (non-hydrogen) atoms. The summed E-state index contributed by atoms with van der Waals surface area (Å²) in [5.41, 5.74) is 0.923. The highest BCUT2D eigenvalue weighted by Crippen LogP contribution is 2.40. The first-order chi connectivity index (χ1) is 14.9. The lowest BCUT2D eigenvalue weighted by molar-refractivity contribution is -0.117. The van der Waals surface area contributed by atoms with E-state index in [1.807, 2.05) is 29.2 Å². The first-order valence-electron chi connectivity index (χ1n) is 11.7. The second kappa shape index (κ2) is 10.1. The molecule has 2 atom stereocenters. The van der Waals surface area contributed by atoms with E-state index in [0.717, 1.165) is 37.4 Å². The van der Waals surface area contributed by atoms with Crippen LogP contribution in [0.15, 0.2) is 24.3 Å². The predicted octanol–water partition coefficient (Wildman–Crippen LogP) is 3.50. The summed E-state index contributed by atoms with van der Waals surface area (Å²) in [6.07, 6.45) is 5.06. The van der Waals surface area contributed by atoms with E-state index >= 15 is 0 Å². The van der Waals surface area contributed by atoms with Gasteiger partial charge in [0.25, 0.3) is 0 Å². The zero-order chi connectivity index (χ0) is 21.8. The normalized spacial score (nSPS) is 28.2. The molecule has 3 saturated heterocycles. The van der Waals surface area contributed by atoms with Crippen LogP contribution in [0.25, 0.3) is 0 Å². The van der Waals surface area contributed by atoms with Gasteiger partial charge in [0.05, 0.1) is 24.2 Å². The summed E-state index contributed by atoms with van der Waals surface area (Å²) in [7, 11) is -2.39. The summed E-state index contributed by atoms with van der Waals surface area (Å²) in [5.74, 6) is 1.90. The number of carbonyl (C=O) groups excluding carboxylic acids is 1. The van der Waals surface area contributed by atoms with Crippen LogP contribution in [-0.4, -0.2) is 87.7 Å². The Labute approximate surface area is 187 Å². The smallest absolute Gasteiger partial charge is 0.227 e. The molecule has 4 rings (SSSR count). The fraction of sp³-hybridized carbons (Fsp3) is 0.696. The highest BCUT2D eigenvalue weighted by Gasteiger charge is 2.34. The second-order valence-corrected chi connectivity index (χ2v) is 11.6. The molecule has 0 aromatic heterocycles. The number of hydrogen-bond acceptors (Lipinski definition) is 6. The Balaban J connectivity index is 1.27. The van der Waals surface area contributed by atoms with Crippen LogP contribution in [0, 0.1) is 0 Å². The highest BCUT2D eigenvalue weighted by atomic mass is 32.3. The molecule has 3 heterocycles. The SMILES string of the molecule is CC1CCCN1CCCOc1ccc(N2C(=O)CC[C@H]2CN2CCS(O)(O)CC2)cc1. The summed E-state index contributed by atoms with van der Waals surface area (Å²) in [6.45, 7) is 7.47. The van der Waals surface area contributed by atoms with Gasteiger partial charge in [-0.25, -0.2) is 0 Å². The largest absolute Gasteiger partial charge is 0.494 e. The molecule has 1 aromatic rings. The molecule has 3 aliphatic rings. The molecule has 0 spiro atoms. The zero-order valence-electron chi connectivity index (χ0n) is 18.6. The van der Waals surface area contributed by atoms with E-state index < -0.39 is 10.6 Å². The van der Waals surface area contributed by atoms with Crippen LogP contribution >= 0.6 is 10.6 Å². The van der Waals surface area contributed by atoms with Gasteiger partial charge in [-0.1, -0.05) is 0 Å². The van der Waals surface area contributed by atoms with Crippen molar-refractivity contribution in [3.05, 3.63) is 24.3 Å². The lowest BCUT2D eigenvalue weighted by Crippen LogP contribution is -2.46. The van der Waals surface area contributed by atoms with Gasteiger partial charge in [0.15, 0.2) is 0 Å². The Morgan fingerprint density at radius 2 is 1.84 bits per heavy atom. The third-order valence-electron chi connectivity index (χ3n) is 6.93. The fourth-order valence-corrected chi connectivity index (χ4v) is 6.31. The molecule has 1 unspecified atom stereocenters. The van der Waals surface area contributed by atoms with Crippen molar-refractivity contribution in [3.63, 3.8) is 0 Å².